The van der Waals surface area contributed by atoms with Crippen LogP contribution in [0.1, 0.15) is 5.56 Å². The largest absolute Gasteiger partial charge is 0.497 e. The molecule has 0 amide bonds. The van der Waals surface area contributed by atoms with Crippen molar-refractivity contribution < 1.29 is 9.47 Å². The van der Waals surface area contributed by atoms with E-state index in [0.29, 0.717) is 6.61 Å². The summed E-state index contributed by atoms with van der Waals surface area (Å²) in [6, 6.07) is 15.9. The summed E-state index contributed by atoms with van der Waals surface area (Å²) < 4.78 is 12.0. The Morgan fingerprint density at radius 3 is 2.06 bits per heavy atom. The molecule has 0 aromatic heterocycles. The maximum atomic E-state index is 5.68. The third-order valence-corrected chi connectivity index (χ3v) is 3.10. The molecule has 0 N–H and O–H groups in total. The van der Waals surface area contributed by atoms with E-state index in [1.165, 1.54) is 3.57 Å². The minimum absolute atomic E-state index is 0.574. The summed E-state index contributed by atoms with van der Waals surface area (Å²) in [7, 11) is 1.66. The Morgan fingerprint density at radius 1 is 0.882 bits per heavy atom. The summed E-state index contributed by atoms with van der Waals surface area (Å²) >= 11 is 2.27. The van der Waals surface area contributed by atoms with E-state index < -0.39 is 0 Å². The number of rotatable bonds is 4. The fraction of sp³-hybridized carbons (Fsp3) is 0.143. The van der Waals surface area contributed by atoms with Crippen LogP contribution in [0, 0.1) is 3.57 Å². The first kappa shape index (κ1) is 12.2. The molecule has 0 bridgehead atoms. The number of ether oxygens (including phenoxy) is 2. The van der Waals surface area contributed by atoms with Crippen molar-refractivity contribution in [2.75, 3.05) is 7.11 Å². The summed E-state index contributed by atoms with van der Waals surface area (Å²) in [5.74, 6) is 1.75. The van der Waals surface area contributed by atoms with Gasteiger partial charge in [0.25, 0.3) is 0 Å². The van der Waals surface area contributed by atoms with E-state index in [4.69, 9.17) is 9.47 Å². The van der Waals surface area contributed by atoms with Crippen LogP contribution in [-0.2, 0) is 6.61 Å². The number of hydrogen-bond donors (Lipinski definition) is 0. The topological polar surface area (TPSA) is 18.5 Å². The molecule has 0 unspecified atom stereocenters. The van der Waals surface area contributed by atoms with Crippen molar-refractivity contribution in [1.29, 1.82) is 0 Å². The number of methoxy groups -OCH3 is 1. The van der Waals surface area contributed by atoms with E-state index in [9.17, 15) is 0 Å². The van der Waals surface area contributed by atoms with E-state index in [1.807, 2.05) is 48.5 Å². The molecule has 0 spiro atoms. The van der Waals surface area contributed by atoms with Gasteiger partial charge in [0, 0.05) is 3.57 Å². The lowest BCUT2D eigenvalue weighted by Crippen LogP contribution is -1.95. The van der Waals surface area contributed by atoms with Crippen molar-refractivity contribution in [3.8, 4) is 11.5 Å². The molecular formula is C14H13IO2. The average molecular weight is 338 g/mol. The molecule has 0 aliphatic carbocycles. The summed E-state index contributed by atoms with van der Waals surface area (Å²) in [4.78, 5) is 0. The van der Waals surface area contributed by atoms with Crippen molar-refractivity contribution in [1.82, 2.24) is 0 Å². The van der Waals surface area contributed by atoms with Crippen LogP contribution in [0.3, 0.4) is 0 Å². The van der Waals surface area contributed by atoms with Crippen LogP contribution in [0.2, 0.25) is 0 Å². The van der Waals surface area contributed by atoms with Crippen molar-refractivity contribution >= 4 is 22.6 Å². The minimum Gasteiger partial charge on any atom is -0.497 e. The van der Waals surface area contributed by atoms with Gasteiger partial charge in [-0.2, -0.15) is 0 Å². The number of benzene rings is 2. The summed E-state index contributed by atoms with van der Waals surface area (Å²) in [5, 5.41) is 0. The standard InChI is InChI=1S/C14H13IO2/c1-16-13-6-2-11(3-7-13)10-17-14-8-4-12(15)5-9-14/h2-9H,10H2,1H3/i15-2. The molecule has 0 fully saturated rings. The van der Waals surface area contributed by atoms with Gasteiger partial charge in [-0.05, 0) is 64.6 Å². The smallest absolute Gasteiger partial charge is 0.119 e. The Balaban J connectivity index is 1.95. The molecule has 0 aliphatic heterocycles. The summed E-state index contributed by atoms with van der Waals surface area (Å²) in [6.07, 6.45) is 0. The van der Waals surface area contributed by atoms with Gasteiger partial charge in [-0.3, -0.25) is 0 Å². The molecule has 0 atom stereocenters. The van der Waals surface area contributed by atoms with Crippen LogP contribution < -0.4 is 9.47 Å². The Hall–Kier alpha value is -1.23. The van der Waals surface area contributed by atoms with Crippen molar-refractivity contribution in [3.63, 3.8) is 0 Å². The third kappa shape index (κ3) is 3.63. The maximum Gasteiger partial charge on any atom is 0.119 e. The van der Waals surface area contributed by atoms with Crippen molar-refractivity contribution in [2.45, 2.75) is 6.61 Å². The zero-order chi connectivity index (χ0) is 12.1. The fourth-order valence-electron chi connectivity index (χ4n) is 1.42. The summed E-state index contributed by atoms with van der Waals surface area (Å²) in [5.41, 5.74) is 1.13. The third-order valence-electron chi connectivity index (χ3n) is 2.38. The minimum atomic E-state index is 0.574. The molecule has 2 aromatic carbocycles. The van der Waals surface area contributed by atoms with Gasteiger partial charge >= 0.3 is 0 Å². The lowest BCUT2D eigenvalue weighted by molar-refractivity contribution is 0.306. The normalized spacial score (nSPS) is 10.0. The van der Waals surface area contributed by atoms with Crippen LogP contribution in [0.4, 0.5) is 0 Å². The van der Waals surface area contributed by atoms with E-state index in [2.05, 4.69) is 22.6 Å². The molecule has 0 saturated carbocycles. The molecule has 0 heterocycles. The Bertz CT molecular complexity index is 463. The Morgan fingerprint density at radius 2 is 1.47 bits per heavy atom. The first-order chi connectivity index (χ1) is 8.28. The first-order valence-corrected chi connectivity index (χ1v) is 6.37. The van der Waals surface area contributed by atoms with Crippen LogP contribution in [0.15, 0.2) is 48.5 Å². The molecule has 3 heteroatoms. The van der Waals surface area contributed by atoms with Crippen molar-refractivity contribution in [3.05, 3.63) is 57.7 Å². The predicted octanol–water partition coefficient (Wildman–Crippen LogP) is 3.88. The van der Waals surface area contributed by atoms with E-state index >= 15 is 0 Å². The highest BCUT2D eigenvalue weighted by molar-refractivity contribution is 14.1. The lowest BCUT2D eigenvalue weighted by Gasteiger charge is -2.07. The van der Waals surface area contributed by atoms with Gasteiger partial charge in [0.15, 0.2) is 0 Å². The molecule has 2 rings (SSSR count). The molecule has 2 nitrogen and oxygen atoms in total. The Labute approximate surface area is 115 Å². The zero-order valence-electron chi connectivity index (χ0n) is 9.52. The Kier molecular flexibility index (Phi) is 4.25. The molecule has 88 valence electrons. The number of halogens is 1. The predicted molar refractivity (Wildman–Crippen MR) is 76.5 cm³/mol. The SMILES string of the molecule is COc1ccc(COc2ccc([125I])cc2)cc1. The first-order valence-electron chi connectivity index (χ1n) is 5.29. The number of hydrogen-bond acceptors (Lipinski definition) is 2. The van der Waals surface area contributed by atoms with Gasteiger partial charge in [0.05, 0.1) is 7.11 Å². The van der Waals surface area contributed by atoms with Crippen molar-refractivity contribution in [2.24, 2.45) is 0 Å². The quantitative estimate of drug-likeness (QED) is 0.788. The molecular weight excluding hydrogens is 325 g/mol. The molecule has 0 aliphatic rings. The van der Waals surface area contributed by atoms with Gasteiger partial charge in [0.2, 0.25) is 0 Å². The summed E-state index contributed by atoms with van der Waals surface area (Å²) in [6.45, 7) is 0.574. The van der Waals surface area contributed by atoms with Crippen LogP contribution >= 0.6 is 22.6 Å². The second kappa shape index (κ2) is 5.91. The van der Waals surface area contributed by atoms with E-state index in [1.54, 1.807) is 7.11 Å². The highest BCUT2D eigenvalue weighted by Gasteiger charge is 1.97. The van der Waals surface area contributed by atoms with Crippen LogP contribution in [-0.4, -0.2) is 7.11 Å². The molecule has 17 heavy (non-hydrogen) atoms. The molecule has 0 radical (unpaired) electrons. The van der Waals surface area contributed by atoms with E-state index in [-0.39, 0.29) is 0 Å². The molecule has 0 saturated heterocycles. The lowest BCUT2D eigenvalue weighted by atomic mass is 10.2. The average Bonchev–Trinajstić information content (AvgIpc) is 2.39. The van der Waals surface area contributed by atoms with Gasteiger partial charge < -0.3 is 9.47 Å². The fourth-order valence-corrected chi connectivity index (χ4v) is 1.78. The van der Waals surface area contributed by atoms with Crippen LogP contribution in [0.25, 0.3) is 0 Å². The second-order valence-electron chi connectivity index (χ2n) is 3.59. The molecule has 2 aromatic rings. The van der Waals surface area contributed by atoms with Gasteiger partial charge in [-0.1, -0.05) is 12.1 Å². The van der Waals surface area contributed by atoms with Gasteiger partial charge in [-0.25, -0.2) is 0 Å². The zero-order valence-corrected chi connectivity index (χ0v) is 11.7. The van der Waals surface area contributed by atoms with E-state index in [0.717, 1.165) is 17.1 Å². The second-order valence-corrected chi connectivity index (χ2v) is 4.84. The maximum absolute atomic E-state index is 5.68. The van der Waals surface area contributed by atoms with Gasteiger partial charge in [-0.15, -0.1) is 0 Å². The van der Waals surface area contributed by atoms with Gasteiger partial charge in [0.1, 0.15) is 18.1 Å². The highest BCUT2D eigenvalue weighted by Crippen LogP contribution is 2.16. The van der Waals surface area contributed by atoms with Crippen LogP contribution in [0.5, 0.6) is 11.5 Å². The monoisotopic (exact) mass is 338 g/mol. The highest BCUT2D eigenvalue weighted by atomic mass is 125.